The smallest absolute Gasteiger partial charge is 0.0428 e. The van der Waals surface area contributed by atoms with E-state index in [1.807, 2.05) is 20.8 Å². The average molecular weight is 300 g/mol. The van der Waals surface area contributed by atoms with Crippen molar-refractivity contribution >= 4 is 0 Å². The van der Waals surface area contributed by atoms with Gasteiger partial charge in [-0.25, -0.2) is 0 Å². The van der Waals surface area contributed by atoms with Gasteiger partial charge in [-0.2, -0.15) is 6.42 Å². The maximum Gasteiger partial charge on any atom is 0.0428 e. The minimum atomic E-state index is 0. The molecule has 0 fully saturated rings. The summed E-state index contributed by atoms with van der Waals surface area (Å²) in [4.78, 5) is 0. The Labute approximate surface area is 129 Å². The fraction of sp³-hybridized carbons (Fsp3) is 0.923. The van der Waals surface area contributed by atoms with E-state index in [0.29, 0.717) is 19.8 Å². The monoisotopic (exact) mass is 300 g/mol. The molecule has 0 aliphatic heterocycles. The molecule has 4 nitrogen and oxygen atoms in total. The second-order valence-corrected chi connectivity index (χ2v) is 3.17. The summed E-state index contributed by atoms with van der Waals surface area (Å²) < 4.78 is 0. The molecule has 0 unspecified atom stereocenters. The Balaban J connectivity index is -0.0000000412. The van der Waals surface area contributed by atoms with E-state index < -0.39 is 0 Å². The molecule has 0 saturated heterocycles. The van der Waals surface area contributed by atoms with E-state index in [0.717, 1.165) is 38.6 Å². The molecule has 0 spiro atoms. The predicted molar refractivity (Wildman–Crippen MR) is 75.8 cm³/mol. The summed E-state index contributed by atoms with van der Waals surface area (Å²) in [5.41, 5.74) is 5.10. The van der Waals surface area contributed by atoms with Crippen LogP contribution in [-0.2, 0) is 21.7 Å². The second kappa shape index (κ2) is 52.7. The van der Waals surface area contributed by atoms with Gasteiger partial charge in [0.25, 0.3) is 0 Å². The molecule has 0 aromatic carbocycles. The van der Waals surface area contributed by atoms with E-state index in [1.165, 1.54) is 0 Å². The van der Waals surface area contributed by atoms with Gasteiger partial charge in [0.1, 0.15) is 0 Å². The van der Waals surface area contributed by atoms with Gasteiger partial charge in [-0.15, -0.1) is 0 Å². The van der Waals surface area contributed by atoms with Crippen molar-refractivity contribution in [3.63, 3.8) is 0 Å². The summed E-state index contributed by atoms with van der Waals surface area (Å²) in [6.45, 7) is 11.1. The maximum atomic E-state index is 7.88. The first-order chi connectivity index (χ1) is 8.16. The first kappa shape index (κ1) is 31.1. The fourth-order valence-corrected chi connectivity index (χ4v) is 0.144. The Hall–Kier alpha value is 0.554. The zero-order chi connectivity index (χ0) is 14.4. The summed E-state index contributed by atoms with van der Waals surface area (Å²) >= 11 is 0. The Morgan fingerprint density at radius 2 is 1.06 bits per heavy atom. The van der Waals surface area contributed by atoms with Gasteiger partial charge in [-0.05, 0) is 25.8 Å². The van der Waals surface area contributed by atoms with Crippen molar-refractivity contribution in [3.8, 4) is 0 Å². The van der Waals surface area contributed by atoms with E-state index in [-0.39, 0.29) is 21.7 Å². The van der Waals surface area contributed by atoms with E-state index in [1.54, 1.807) is 0 Å². The molecule has 0 rings (SSSR count). The van der Waals surface area contributed by atoms with Crippen LogP contribution in [0.2, 0.25) is 0 Å². The number of aliphatic hydroxyl groups excluding tert-OH is 3. The summed E-state index contributed by atoms with van der Waals surface area (Å²) in [5, 5.41) is 23.6. The molecule has 0 aliphatic carbocycles. The Kier molecular flexibility index (Phi) is 91.1. The molecule has 0 heterocycles. The predicted octanol–water partition coefficient (Wildman–Crippen LogP) is 1.72. The van der Waals surface area contributed by atoms with Crippen molar-refractivity contribution in [2.75, 3.05) is 26.4 Å². The number of hydrogen-bond acceptors (Lipinski definition) is 4. The summed E-state index contributed by atoms with van der Waals surface area (Å²) in [6.07, 6.45) is 4.65. The van der Waals surface area contributed by atoms with Crippen molar-refractivity contribution in [2.24, 2.45) is 5.73 Å². The molecule has 0 aromatic heterocycles. The van der Waals surface area contributed by atoms with Gasteiger partial charge in [0, 0.05) is 41.5 Å². The number of nitrogens with two attached hydrogens (primary N) is 1. The molecule has 0 aromatic rings. The molecule has 0 radical (unpaired) electrons. The van der Waals surface area contributed by atoms with Crippen LogP contribution in [0.5, 0.6) is 0 Å². The quantitative estimate of drug-likeness (QED) is 0.460. The van der Waals surface area contributed by atoms with Crippen LogP contribution in [0.25, 0.3) is 0 Å². The normalized spacial score (nSPS) is 7.33. The molecule has 0 aliphatic rings. The topological polar surface area (TPSA) is 86.7 Å². The molecule has 0 atom stereocenters. The van der Waals surface area contributed by atoms with Crippen LogP contribution in [0.1, 0.15) is 52.9 Å². The number of hydrogen-bond donors (Lipinski definition) is 4. The van der Waals surface area contributed by atoms with Crippen molar-refractivity contribution in [3.05, 3.63) is 6.92 Å². The standard InChI is InChI=1S/C4H10N.3C3H8O.Ti/c1-2-3-4-5;3*1-2-3-4;/h1-5H2;3*4H,2-3H2,1H3;/q-1;;;;. The van der Waals surface area contributed by atoms with Gasteiger partial charge in [-0.1, -0.05) is 27.2 Å². The summed E-state index contributed by atoms with van der Waals surface area (Å²) in [5.74, 6) is 0. The maximum absolute atomic E-state index is 7.88. The van der Waals surface area contributed by atoms with Gasteiger partial charge < -0.3 is 28.0 Å². The van der Waals surface area contributed by atoms with Crippen molar-refractivity contribution in [1.82, 2.24) is 0 Å². The van der Waals surface area contributed by atoms with Crippen LogP contribution < -0.4 is 5.73 Å². The zero-order valence-corrected chi connectivity index (χ0v) is 14.1. The molecule has 0 saturated carbocycles. The Morgan fingerprint density at radius 3 is 1.06 bits per heavy atom. The summed E-state index contributed by atoms with van der Waals surface area (Å²) in [6, 6.07) is 0. The van der Waals surface area contributed by atoms with E-state index in [4.69, 9.17) is 21.1 Å². The van der Waals surface area contributed by atoms with Gasteiger partial charge in [-0.3, -0.25) is 0 Å². The molecule has 0 bridgehead atoms. The second-order valence-electron chi connectivity index (χ2n) is 3.17. The van der Waals surface area contributed by atoms with Gasteiger partial charge >= 0.3 is 0 Å². The van der Waals surface area contributed by atoms with Crippen molar-refractivity contribution < 1.29 is 37.0 Å². The zero-order valence-electron chi connectivity index (χ0n) is 12.5. The number of rotatable bonds is 5. The Bertz CT molecular complexity index is 61.7. The molecule has 5 N–H and O–H groups in total. The minimum absolute atomic E-state index is 0. The van der Waals surface area contributed by atoms with Crippen LogP contribution in [-0.4, -0.2) is 41.7 Å². The van der Waals surface area contributed by atoms with Gasteiger partial charge in [0.15, 0.2) is 0 Å². The number of unbranched alkanes of at least 4 members (excludes halogenated alkanes) is 1. The average Bonchev–Trinajstić information content (AvgIpc) is 2.40. The molecular weight excluding hydrogens is 266 g/mol. The number of aliphatic hydroxyl groups is 3. The Morgan fingerprint density at radius 1 is 0.833 bits per heavy atom. The van der Waals surface area contributed by atoms with E-state index in [2.05, 4.69) is 6.92 Å². The first-order valence-electron chi connectivity index (χ1n) is 6.48. The molecule has 114 valence electrons. The van der Waals surface area contributed by atoms with E-state index >= 15 is 0 Å². The third-order valence-electron chi connectivity index (χ3n) is 1.12. The fourth-order valence-electron chi connectivity index (χ4n) is 0.144. The van der Waals surface area contributed by atoms with Crippen molar-refractivity contribution in [1.29, 1.82) is 0 Å². The molecule has 18 heavy (non-hydrogen) atoms. The molecule has 5 heteroatoms. The first-order valence-corrected chi connectivity index (χ1v) is 6.48. The largest absolute Gasteiger partial charge is 0.396 e. The SMILES string of the molecule is CCCO.CCCO.CCCO.[CH2-]CCCN.[Ti]. The van der Waals surface area contributed by atoms with Gasteiger partial charge in [0.05, 0.1) is 0 Å². The molecular formula is C13H34NO3Ti-. The van der Waals surface area contributed by atoms with Crippen LogP contribution >= 0.6 is 0 Å². The van der Waals surface area contributed by atoms with Crippen LogP contribution in [0.3, 0.4) is 0 Å². The third-order valence-corrected chi connectivity index (χ3v) is 1.12. The minimum Gasteiger partial charge on any atom is -0.396 e. The molecule has 0 amide bonds. The van der Waals surface area contributed by atoms with Crippen LogP contribution in [0.4, 0.5) is 0 Å². The third kappa shape index (κ3) is 130. The van der Waals surface area contributed by atoms with Crippen LogP contribution in [0.15, 0.2) is 0 Å². The van der Waals surface area contributed by atoms with Gasteiger partial charge in [0.2, 0.25) is 0 Å². The van der Waals surface area contributed by atoms with Crippen molar-refractivity contribution in [2.45, 2.75) is 52.9 Å². The van der Waals surface area contributed by atoms with E-state index in [9.17, 15) is 0 Å². The summed E-state index contributed by atoms with van der Waals surface area (Å²) in [7, 11) is 0. The van der Waals surface area contributed by atoms with Crippen LogP contribution in [0, 0.1) is 6.92 Å².